The second-order valence-corrected chi connectivity index (χ2v) is 8.34. The fourth-order valence-electron chi connectivity index (χ4n) is 5.70. The van der Waals surface area contributed by atoms with Gasteiger partial charge in [0.2, 0.25) is 0 Å². The lowest BCUT2D eigenvalue weighted by Gasteiger charge is -2.58. The molecule has 2 saturated carbocycles. The van der Waals surface area contributed by atoms with Gasteiger partial charge < -0.3 is 9.84 Å². The van der Waals surface area contributed by atoms with E-state index in [1.54, 1.807) is 0 Å². The van der Waals surface area contributed by atoms with Gasteiger partial charge in [-0.1, -0.05) is 32.4 Å². The first-order valence-corrected chi connectivity index (χ1v) is 9.05. The van der Waals surface area contributed by atoms with Crippen LogP contribution >= 0.6 is 0 Å². The standard InChI is InChI=1S/C20H30O3/c1-14-5-8-17-19(2,13-21)10-4-11-20(17,3)16(14)7-6-15-9-12-23-18(15)22/h9,16-17,21H,1,4-8,10-13H2,2-3H3/t16-,17?,19+,20+/m0/s1. The van der Waals surface area contributed by atoms with Crippen molar-refractivity contribution < 1.29 is 14.6 Å². The molecule has 1 N–H and O–H groups in total. The summed E-state index contributed by atoms with van der Waals surface area (Å²) in [5.41, 5.74) is 2.42. The number of aliphatic hydroxyl groups excluding tert-OH is 1. The van der Waals surface area contributed by atoms with Crippen molar-refractivity contribution >= 4 is 5.97 Å². The molecule has 0 radical (unpaired) electrons. The molecule has 128 valence electrons. The van der Waals surface area contributed by atoms with Gasteiger partial charge in [0.15, 0.2) is 0 Å². The van der Waals surface area contributed by atoms with Gasteiger partial charge in [0.25, 0.3) is 0 Å². The Labute approximate surface area is 139 Å². The van der Waals surface area contributed by atoms with Crippen molar-refractivity contribution in [3.8, 4) is 0 Å². The summed E-state index contributed by atoms with van der Waals surface area (Å²) in [5, 5.41) is 10.0. The molecule has 0 aromatic heterocycles. The summed E-state index contributed by atoms with van der Waals surface area (Å²) in [6.07, 6.45) is 9.42. The van der Waals surface area contributed by atoms with E-state index in [2.05, 4.69) is 20.4 Å². The van der Waals surface area contributed by atoms with Crippen LogP contribution in [0.1, 0.15) is 58.8 Å². The molecule has 3 rings (SSSR count). The molecule has 0 saturated heterocycles. The van der Waals surface area contributed by atoms with Crippen molar-refractivity contribution in [3.63, 3.8) is 0 Å². The number of hydrogen-bond acceptors (Lipinski definition) is 3. The van der Waals surface area contributed by atoms with Crippen molar-refractivity contribution in [2.45, 2.75) is 58.8 Å². The van der Waals surface area contributed by atoms with Gasteiger partial charge >= 0.3 is 5.97 Å². The minimum absolute atomic E-state index is 0.0392. The number of ether oxygens (including phenoxy) is 1. The van der Waals surface area contributed by atoms with Crippen LogP contribution < -0.4 is 0 Å². The lowest BCUT2D eigenvalue weighted by molar-refractivity contribution is -0.136. The topological polar surface area (TPSA) is 46.5 Å². The van der Waals surface area contributed by atoms with E-state index in [0.29, 0.717) is 18.4 Å². The Morgan fingerprint density at radius 2 is 2.17 bits per heavy atom. The van der Waals surface area contributed by atoms with Crippen LogP contribution in [-0.2, 0) is 9.53 Å². The van der Waals surface area contributed by atoms with E-state index < -0.39 is 0 Å². The Hall–Kier alpha value is -1.09. The van der Waals surface area contributed by atoms with Crippen LogP contribution in [0.15, 0.2) is 23.8 Å². The molecular weight excluding hydrogens is 288 g/mol. The fraction of sp³-hybridized carbons (Fsp3) is 0.750. The summed E-state index contributed by atoms with van der Waals surface area (Å²) < 4.78 is 5.03. The molecule has 0 aromatic carbocycles. The first-order valence-electron chi connectivity index (χ1n) is 9.05. The summed E-state index contributed by atoms with van der Waals surface area (Å²) in [7, 11) is 0. The quantitative estimate of drug-likeness (QED) is 0.629. The maximum absolute atomic E-state index is 11.7. The zero-order chi connectivity index (χ0) is 16.7. The van der Waals surface area contributed by atoms with Gasteiger partial charge in [0, 0.05) is 12.2 Å². The van der Waals surface area contributed by atoms with Crippen LogP contribution in [0.2, 0.25) is 0 Å². The highest BCUT2D eigenvalue weighted by molar-refractivity contribution is 5.90. The third-order valence-electron chi connectivity index (χ3n) is 7.01. The number of fused-ring (bicyclic) bond motifs is 1. The minimum Gasteiger partial charge on any atom is -0.458 e. The lowest BCUT2D eigenvalue weighted by atomic mass is 9.47. The highest BCUT2D eigenvalue weighted by atomic mass is 16.5. The van der Waals surface area contributed by atoms with Crippen LogP contribution in [0.3, 0.4) is 0 Å². The van der Waals surface area contributed by atoms with Crippen LogP contribution in [0, 0.1) is 22.7 Å². The van der Waals surface area contributed by atoms with Crippen molar-refractivity contribution in [1.29, 1.82) is 0 Å². The van der Waals surface area contributed by atoms with E-state index in [-0.39, 0.29) is 23.4 Å². The molecule has 3 aliphatic rings. The van der Waals surface area contributed by atoms with Crippen LogP contribution in [-0.4, -0.2) is 24.3 Å². The highest BCUT2D eigenvalue weighted by Gasteiger charge is 2.54. The normalized spacial score (nSPS) is 40.6. The van der Waals surface area contributed by atoms with Crippen molar-refractivity contribution in [3.05, 3.63) is 23.8 Å². The molecule has 1 heterocycles. The van der Waals surface area contributed by atoms with E-state index in [9.17, 15) is 9.90 Å². The van der Waals surface area contributed by atoms with Crippen molar-refractivity contribution in [2.75, 3.05) is 13.2 Å². The molecule has 1 unspecified atom stereocenters. The summed E-state index contributed by atoms with van der Waals surface area (Å²) in [6.45, 7) is 9.75. The molecule has 0 spiro atoms. The maximum Gasteiger partial charge on any atom is 0.334 e. The predicted octanol–water partition coefficient (Wildman–Crippen LogP) is 4.02. The number of carbonyl (C=O) groups is 1. The summed E-state index contributed by atoms with van der Waals surface area (Å²) >= 11 is 0. The number of esters is 1. The number of hydrogen-bond donors (Lipinski definition) is 1. The highest BCUT2D eigenvalue weighted by Crippen LogP contribution is 2.61. The van der Waals surface area contributed by atoms with Crippen molar-refractivity contribution in [1.82, 2.24) is 0 Å². The van der Waals surface area contributed by atoms with Crippen molar-refractivity contribution in [2.24, 2.45) is 22.7 Å². The van der Waals surface area contributed by atoms with Gasteiger partial charge in [-0.2, -0.15) is 0 Å². The number of allylic oxidation sites excluding steroid dienone is 1. The fourth-order valence-corrected chi connectivity index (χ4v) is 5.70. The van der Waals surface area contributed by atoms with Gasteiger partial charge in [-0.25, -0.2) is 4.79 Å². The summed E-state index contributed by atoms with van der Waals surface area (Å²) in [5.74, 6) is 0.854. The van der Waals surface area contributed by atoms with E-state index in [1.807, 2.05) is 6.08 Å². The summed E-state index contributed by atoms with van der Waals surface area (Å²) in [6, 6.07) is 0. The Bertz CT molecular complexity index is 535. The SMILES string of the molecule is C=C1CCC2[C@@](C)(CO)CCC[C@]2(C)[C@H]1CCC1=CCOC1=O. The molecule has 3 nitrogen and oxygen atoms in total. The third-order valence-corrected chi connectivity index (χ3v) is 7.01. The molecule has 23 heavy (non-hydrogen) atoms. The predicted molar refractivity (Wildman–Crippen MR) is 90.8 cm³/mol. The van der Waals surface area contributed by atoms with E-state index >= 15 is 0 Å². The first-order chi connectivity index (χ1) is 10.9. The Morgan fingerprint density at radius 1 is 1.39 bits per heavy atom. The van der Waals surface area contributed by atoms with Crippen LogP contribution in [0.5, 0.6) is 0 Å². The molecule has 1 aliphatic heterocycles. The number of cyclic esters (lactones) is 1. The van der Waals surface area contributed by atoms with E-state index in [4.69, 9.17) is 4.74 Å². The summed E-state index contributed by atoms with van der Waals surface area (Å²) in [4.78, 5) is 11.7. The van der Waals surface area contributed by atoms with Gasteiger partial charge in [-0.3, -0.25) is 0 Å². The molecule has 0 aromatic rings. The van der Waals surface area contributed by atoms with Gasteiger partial charge in [-0.15, -0.1) is 0 Å². The number of rotatable bonds is 4. The lowest BCUT2D eigenvalue weighted by Crippen LogP contribution is -2.51. The average molecular weight is 318 g/mol. The molecule has 4 atom stereocenters. The third kappa shape index (κ3) is 2.77. The van der Waals surface area contributed by atoms with E-state index in [1.165, 1.54) is 18.4 Å². The maximum atomic E-state index is 11.7. The molecule has 2 aliphatic carbocycles. The molecule has 0 amide bonds. The minimum atomic E-state index is -0.142. The molecule has 0 bridgehead atoms. The van der Waals surface area contributed by atoms with E-state index in [0.717, 1.165) is 37.7 Å². The molecule has 3 heteroatoms. The zero-order valence-electron chi connectivity index (χ0n) is 14.6. The smallest absolute Gasteiger partial charge is 0.334 e. The number of carbonyl (C=O) groups excluding carboxylic acids is 1. The van der Waals surface area contributed by atoms with Gasteiger partial charge in [0.05, 0.1) is 0 Å². The Morgan fingerprint density at radius 3 is 2.83 bits per heavy atom. The molecular formula is C20H30O3. The van der Waals surface area contributed by atoms with Gasteiger partial charge in [-0.05, 0) is 67.3 Å². The Balaban J connectivity index is 1.80. The largest absolute Gasteiger partial charge is 0.458 e. The van der Waals surface area contributed by atoms with Crippen LogP contribution in [0.4, 0.5) is 0 Å². The Kier molecular flexibility index (Phi) is 4.43. The monoisotopic (exact) mass is 318 g/mol. The first kappa shape index (κ1) is 16.8. The molecule has 2 fully saturated rings. The average Bonchev–Trinajstić information content (AvgIpc) is 2.91. The van der Waals surface area contributed by atoms with Crippen LogP contribution in [0.25, 0.3) is 0 Å². The zero-order valence-corrected chi connectivity index (χ0v) is 14.6. The second-order valence-electron chi connectivity index (χ2n) is 8.34. The second kappa shape index (κ2) is 6.08. The number of aliphatic hydroxyl groups is 1. The van der Waals surface area contributed by atoms with Gasteiger partial charge in [0.1, 0.15) is 6.61 Å².